The smallest absolute Gasteiger partial charge is 0.318 e. The lowest BCUT2D eigenvalue weighted by Gasteiger charge is -2.34. The molecule has 196 valence electrons. The number of nitrogens with one attached hydrogen (secondary N) is 1. The van der Waals surface area contributed by atoms with Gasteiger partial charge in [0.15, 0.2) is 0 Å². The molecule has 7 heteroatoms. The minimum Gasteiger partial charge on any atom is -0.508 e. The summed E-state index contributed by atoms with van der Waals surface area (Å²) >= 11 is 0. The van der Waals surface area contributed by atoms with Gasteiger partial charge in [-0.05, 0) is 85.4 Å². The normalized spacial score (nSPS) is 23.8. The maximum atomic E-state index is 10.5. The number of phenolic OH excluding ortho intramolecular Hbond substituents is 1. The van der Waals surface area contributed by atoms with Crippen LogP contribution in [0.1, 0.15) is 25.7 Å². The van der Waals surface area contributed by atoms with E-state index < -0.39 is 0 Å². The van der Waals surface area contributed by atoms with E-state index in [2.05, 4.69) is 46.4 Å². The van der Waals surface area contributed by atoms with Crippen LogP contribution in [0.5, 0.6) is 11.8 Å². The lowest BCUT2D eigenvalue weighted by atomic mass is 9.97. The van der Waals surface area contributed by atoms with Crippen LogP contribution in [0.2, 0.25) is 0 Å². The first-order valence-corrected chi connectivity index (χ1v) is 14.0. The zero-order valence-electron chi connectivity index (χ0n) is 21.9. The molecule has 2 bridgehead atoms. The molecule has 1 aromatic heterocycles. The van der Waals surface area contributed by atoms with Crippen molar-refractivity contribution >= 4 is 27.5 Å². The van der Waals surface area contributed by atoms with Crippen LogP contribution in [0.15, 0.2) is 54.6 Å². The van der Waals surface area contributed by atoms with E-state index in [1.807, 2.05) is 30.3 Å². The van der Waals surface area contributed by atoms with Crippen LogP contribution in [-0.2, 0) is 0 Å². The molecule has 3 saturated heterocycles. The Morgan fingerprint density at radius 2 is 1.79 bits per heavy atom. The van der Waals surface area contributed by atoms with Gasteiger partial charge in [0.25, 0.3) is 0 Å². The monoisotopic (exact) mass is 509 g/mol. The molecular weight excluding hydrogens is 474 g/mol. The number of piperidine rings is 1. The number of piperazine rings is 1. The average Bonchev–Trinajstić information content (AvgIpc) is 3.27. The quantitative estimate of drug-likeness (QED) is 0.400. The molecule has 0 unspecified atom stereocenters. The standard InChI is InChI=1S/C31H35N5O2/c1-35-12-4-5-20(16-35)19-38-31-33-29-14-22(28-15-25(37)13-21-6-2-3-7-26(21)28)8-11-27(29)30(34-31)36-17-23-9-10-24(18-36)32-23/h2-3,6-8,11,13-15,20,23-24,32,37H,4-5,9-10,12,16-19H2,1H3/t20-,23-,24+/m1/s1. The van der Waals surface area contributed by atoms with Gasteiger partial charge in [0.1, 0.15) is 11.6 Å². The fourth-order valence-corrected chi connectivity index (χ4v) is 6.67. The fourth-order valence-electron chi connectivity index (χ4n) is 6.67. The van der Waals surface area contributed by atoms with Crippen molar-refractivity contribution in [3.63, 3.8) is 0 Å². The summed E-state index contributed by atoms with van der Waals surface area (Å²) < 4.78 is 6.31. The van der Waals surface area contributed by atoms with Gasteiger partial charge < -0.3 is 25.0 Å². The molecule has 0 radical (unpaired) electrons. The third kappa shape index (κ3) is 4.54. The first kappa shape index (κ1) is 23.7. The van der Waals surface area contributed by atoms with Crippen molar-refractivity contribution in [1.82, 2.24) is 20.2 Å². The highest BCUT2D eigenvalue weighted by molar-refractivity contribution is 6.00. The second-order valence-electron chi connectivity index (χ2n) is 11.4. The van der Waals surface area contributed by atoms with Crippen LogP contribution < -0.4 is 15.0 Å². The highest BCUT2D eigenvalue weighted by atomic mass is 16.5. The van der Waals surface area contributed by atoms with E-state index in [4.69, 9.17) is 14.7 Å². The minimum atomic E-state index is 0.264. The first-order chi connectivity index (χ1) is 18.6. The molecule has 4 heterocycles. The fraction of sp³-hybridized carbons (Fsp3) is 0.419. The highest BCUT2D eigenvalue weighted by Gasteiger charge is 2.33. The van der Waals surface area contributed by atoms with Crippen LogP contribution in [0, 0.1) is 5.92 Å². The molecule has 3 aliphatic rings. The molecule has 4 aromatic rings. The maximum Gasteiger partial charge on any atom is 0.318 e. The van der Waals surface area contributed by atoms with E-state index >= 15 is 0 Å². The van der Waals surface area contributed by atoms with E-state index in [0.717, 1.165) is 64.8 Å². The molecular formula is C31H35N5O2. The molecule has 7 rings (SSSR count). The summed E-state index contributed by atoms with van der Waals surface area (Å²) in [6, 6.07) is 19.7. The summed E-state index contributed by atoms with van der Waals surface area (Å²) in [6.07, 6.45) is 4.83. The Balaban J connectivity index is 1.29. The lowest BCUT2D eigenvalue weighted by Crippen LogP contribution is -2.51. The third-order valence-corrected chi connectivity index (χ3v) is 8.50. The summed E-state index contributed by atoms with van der Waals surface area (Å²) in [4.78, 5) is 14.7. The molecule has 3 atom stereocenters. The van der Waals surface area contributed by atoms with Crippen molar-refractivity contribution < 1.29 is 9.84 Å². The van der Waals surface area contributed by atoms with Crippen LogP contribution in [0.4, 0.5) is 5.82 Å². The van der Waals surface area contributed by atoms with Crippen molar-refractivity contribution in [3.8, 4) is 22.9 Å². The number of aromatic hydroxyl groups is 1. The highest BCUT2D eigenvalue weighted by Crippen LogP contribution is 2.37. The van der Waals surface area contributed by atoms with E-state index in [0.29, 0.717) is 30.6 Å². The number of ether oxygens (including phenoxy) is 1. The molecule has 3 aromatic carbocycles. The topological polar surface area (TPSA) is 73.8 Å². The summed E-state index contributed by atoms with van der Waals surface area (Å²) in [7, 11) is 2.18. The molecule has 0 spiro atoms. The zero-order valence-corrected chi connectivity index (χ0v) is 21.9. The lowest BCUT2D eigenvalue weighted by molar-refractivity contribution is 0.144. The number of rotatable bonds is 5. The predicted molar refractivity (Wildman–Crippen MR) is 152 cm³/mol. The van der Waals surface area contributed by atoms with Gasteiger partial charge in [0, 0.05) is 43.0 Å². The molecule has 0 aliphatic carbocycles. The van der Waals surface area contributed by atoms with Gasteiger partial charge in [0.2, 0.25) is 0 Å². The number of fused-ring (bicyclic) bond motifs is 4. The van der Waals surface area contributed by atoms with E-state index in [-0.39, 0.29) is 5.75 Å². The van der Waals surface area contributed by atoms with Crippen LogP contribution >= 0.6 is 0 Å². The van der Waals surface area contributed by atoms with Crippen molar-refractivity contribution in [2.75, 3.05) is 44.7 Å². The zero-order chi connectivity index (χ0) is 25.6. The van der Waals surface area contributed by atoms with Crippen molar-refractivity contribution in [3.05, 3.63) is 54.6 Å². The second-order valence-corrected chi connectivity index (χ2v) is 11.4. The van der Waals surface area contributed by atoms with Gasteiger partial charge in [-0.15, -0.1) is 0 Å². The number of likely N-dealkylation sites (tertiary alicyclic amines) is 1. The van der Waals surface area contributed by atoms with Gasteiger partial charge in [-0.25, -0.2) is 0 Å². The molecule has 0 amide bonds. The largest absolute Gasteiger partial charge is 0.508 e. The molecule has 38 heavy (non-hydrogen) atoms. The van der Waals surface area contributed by atoms with Gasteiger partial charge in [-0.1, -0.05) is 30.3 Å². The third-order valence-electron chi connectivity index (χ3n) is 8.50. The van der Waals surface area contributed by atoms with E-state index in [1.165, 1.54) is 25.7 Å². The molecule has 0 saturated carbocycles. The van der Waals surface area contributed by atoms with Crippen molar-refractivity contribution in [2.45, 2.75) is 37.8 Å². The van der Waals surface area contributed by atoms with Crippen LogP contribution in [0.25, 0.3) is 32.8 Å². The second kappa shape index (κ2) is 9.71. The van der Waals surface area contributed by atoms with E-state index in [9.17, 15) is 5.11 Å². The number of anilines is 1. The van der Waals surface area contributed by atoms with Gasteiger partial charge >= 0.3 is 6.01 Å². The number of hydrogen-bond acceptors (Lipinski definition) is 7. The van der Waals surface area contributed by atoms with E-state index in [1.54, 1.807) is 0 Å². The molecule has 3 fully saturated rings. The summed E-state index contributed by atoms with van der Waals surface area (Å²) in [5.74, 6) is 1.73. The summed E-state index contributed by atoms with van der Waals surface area (Å²) in [5, 5.41) is 17.4. The van der Waals surface area contributed by atoms with Crippen LogP contribution in [-0.4, -0.2) is 71.9 Å². The Kier molecular flexibility index (Phi) is 6.05. The molecule has 2 N–H and O–H groups in total. The Morgan fingerprint density at radius 3 is 2.63 bits per heavy atom. The van der Waals surface area contributed by atoms with Gasteiger partial charge in [-0.2, -0.15) is 9.97 Å². The number of aromatic nitrogens is 2. The summed E-state index contributed by atoms with van der Waals surface area (Å²) in [6.45, 7) is 4.75. The van der Waals surface area contributed by atoms with Gasteiger partial charge in [-0.3, -0.25) is 0 Å². The predicted octanol–water partition coefficient (Wildman–Crippen LogP) is 4.82. The first-order valence-electron chi connectivity index (χ1n) is 14.0. The Morgan fingerprint density at radius 1 is 0.947 bits per heavy atom. The Labute approximate surface area is 223 Å². The Bertz CT molecular complexity index is 1480. The average molecular weight is 510 g/mol. The number of benzene rings is 3. The van der Waals surface area contributed by atoms with Crippen LogP contribution in [0.3, 0.4) is 0 Å². The number of phenols is 1. The van der Waals surface area contributed by atoms with Crippen molar-refractivity contribution in [2.24, 2.45) is 5.92 Å². The maximum absolute atomic E-state index is 10.5. The number of nitrogens with zero attached hydrogens (tertiary/aromatic N) is 4. The van der Waals surface area contributed by atoms with Crippen molar-refractivity contribution in [1.29, 1.82) is 0 Å². The Hall–Kier alpha value is -3.42. The SMILES string of the molecule is CN1CCC[C@@H](COc2nc(N3C[C@H]4CC[C@@H](C3)N4)c3ccc(-c4cc(O)cc5ccccc45)cc3n2)C1. The molecule has 3 aliphatic heterocycles. The van der Waals surface area contributed by atoms with Gasteiger partial charge in [0.05, 0.1) is 12.1 Å². The summed E-state index contributed by atoms with van der Waals surface area (Å²) in [5.41, 5.74) is 2.90. The minimum absolute atomic E-state index is 0.264. The number of hydrogen-bond donors (Lipinski definition) is 2. The molecule has 7 nitrogen and oxygen atoms in total.